The summed E-state index contributed by atoms with van der Waals surface area (Å²) in [5.74, 6) is 0.196. The van der Waals surface area contributed by atoms with Gasteiger partial charge in [-0.1, -0.05) is 35.0 Å². The molecular weight excluding hydrogens is 584 g/mol. The molecule has 0 amide bonds. The molecule has 0 bridgehead atoms. The first-order chi connectivity index (χ1) is 15.8. The van der Waals surface area contributed by atoms with Crippen LogP contribution in [0.5, 0.6) is 11.9 Å². The number of nitrogens with zero attached hydrogens (tertiary/aromatic N) is 4. The lowest BCUT2D eigenvalue weighted by Crippen LogP contribution is -2.31. The van der Waals surface area contributed by atoms with Gasteiger partial charge < -0.3 is 14.7 Å². The summed E-state index contributed by atoms with van der Waals surface area (Å²) in [6.07, 6.45) is 4.53. The molecule has 14 heteroatoms. The summed E-state index contributed by atoms with van der Waals surface area (Å²) in [5, 5.41) is 11.8. The number of ether oxygens (including phenoxy) is 2. The number of anilines is 1. The summed E-state index contributed by atoms with van der Waals surface area (Å²) >= 11 is 6.53. The molecule has 0 radical (unpaired) electrons. The standard InChI is InChI=1S/C19H20Br2N6O5S/c1-2-7-25-33(29,30)26-17-16(13-3-5-14(20)6-4-13)18(24-12-23-17)31-8-9-32-19-22-10-15(21)11-27(19)28/h3-6,10-12,25H,2,7-9H2,1H3,(H,23,24,26). The normalized spacial score (nSPS) is 11.2. The first-order valence-corrected chi connectivity index (χ1v) is 12.7. The van der Waals surface area contributed by atoms with Crippen molar-refractivity contribution in [3.8, 4) is 23.0 Å². The van der Waals surface area contributed by atoms with Crippen LogP contribution in [0.4, 0.5) is 5.82 Å². The zero-order chi connectivity index (χ0) is 23.8. The lowest BCUT2D eigenvalue weighted by Gasteiger charge is -2.15. The summed E-state index contributed by atoms with van der Waals surface area (Å²) in [6.45, 7) is 2.14. The Kier molecular flexibility index (Phi) is 8.77. The lowest BCUT2D eigenvalue weighted by molar-refractivity contribution is -0.617. The highest BCUT2D eigenvalue weighted by Crippen LogP contribution is 2.34. The Morgan fingerprint density at radius 1 is 1.06 bits per heavy atom. The van der Waals surface area contributed by atoms with E-state index in [1.54, 1.807) is 24.3 Å². The minimum Gasteiger partial charge on any atom is -0.708 e. The van der Waals surface area contributed by atoms with E-state index < -0.39 is 10.2 Å². The van der Waals surface area contributed by atoms with Crippen molar-refractivity contribution in [2.45, 2.75) is 13.3 Å². The largest absolute Gasteiger partial charge is 0.708 e. The first kappa shape index (κ1) is 25.1. The molecule has 0 aliphatic rings. The summed E-state index contributed by atoms with van der Waals surface area (Å²) in [7, 11) is -3.85. The molecule has 0 saturated heterocycles. The highest BCUT2D eigenvalue weighted by atomic mass is 79.9. The van der Waals surface area contributed by atoms with Gasteiger partial charge in [-0.15, -0.1) is 0 Å². The summed E-state index contributed by atoms with van der Waals surface area (Å²) in [4.78, 5) is 12.1. The van der Waals surface area contributed by atoms with Gasteiger partial charge in [-0.2, -0.15) is 17.9 Å². The second-order valence-electron chi connectivity index (χ2n) is 6.49. The predicted molar refractivity (Wildman–Crippen MR) is 128 cm³/mol. The molecule has 0 atom stereocenters. The molecule has 2 N–H and O–H groups in total. The Bertz CT molecular complexity index is 1200. The average molecular weight is 604 g/mol. The monoisotopic (exact) mass is 602 g/mol. The van der Waals surface area contributed by atoms with Crippen molar-refractivity contribution >= 4 is 47.9 Å². The van der Waals surface area contributed by atoms with Gasteiger partial charge in [0.25, 0.3) is 10.2 Å². The van der Waals surface area contributed by atoms with Crippen LogP contribution >= 0.6 is 31.9 Å². The van der Waals surface area contributed by atoms with Gasteiger partial charge in [-0.05, 0) is 45.0 Å². The maximum Gasteiger partial charge on any atom is 0.501 e. The van der Waals surface area contributed by atoms with E-state index in [2.05, 4.69) is 56.3 Å². The van der Waals surface area contributed by atoms with Crippen molar-refractivity contribution < 1.29 is 22.6 Å². The van der Waals surface area contributed by atoms with Gasteiger partial charge in [0.1, 0.15) is 30.2 Å². The number of nitrogens with one attached hydrogen (secondary N) is 2. The molecule has 0 spiro atoms. The maximum absolute atomic E-state index is 12.4. The highest BCUT2D eigenvalue weighted by molar-refractivity contribution is 9.10. The third-order valence-electron chi connectivity index (χ3n) is 4.00. The molecule has 33 heavy (non-hydrogen) atoms. The Balaban J connectivity index is 1.82. The van der Waals surface area contributed by atoms with Crippen molar-refractivity contribution in [2.75, 3.05) is 24.5 Å². The Labute approximate surface area is 207 Å². The third-order valence-corrected chi connectivity index (χ3v) is 5.98. The molecule has 176 valence electrons. The van der Waals surface area contributed by atoms with Crippen LogP contribution in [-0.4, -0.2) is 43.1 Å². The van der Waals surface area contributed by atoms with Crippen LogP contribution < -0.4 is 23.6 Å². The number of hydrogen-bond acceptors (Lipinski definition) is 8. The molecule has 1 aromatic carbocycles. The van der Waals surface area contributed by atoms with Crippen molar-refractivity contribution in [2.24, 2.45) is 0 Å². The fourth-order valence-electron chi connectivity index (χ4n) is 2.58. The third kappa shape index (κ3) is 7.22. The SMILES string of the molecule is CCCNS(=O)(=O)Nc1ncnc(OCCOc2ncc(Br)c[n+]2[O-])c1-c1ccc(Br)cc1. The predicted octanol–water partition coefficient (Wildman–Crippen LogP) is 2.81. The van der Waals surface area contributed by atoms with Gasteiger partial charge in [0.15, 0.2) is 12.0 Å². The van der Waals surface area contributed by atoms with E-state index in [0.29, 0.717) is 26.8 Å². The van der Waals surface area contributed by atoms with Gasteiger partial charge in [0.2, 0.25) is 5.88 Å². The molecular formula is C19H20Br2N6O5S. The molecule has 3 aromatic rings. The quantitative estimate of drug-likeness (QED) is 0.193. The number of halogens is 2. The molecule has 2 heterocycles. The fraction of sp³-hybridized carbons (Fsp3) is 0.263. The first-order valence-electron chi connectivity index (χ1n) is 9.67. The Morgan fingerprint density at radius 3 is 2.48 bits per heavy atom. The van der Waals surface area contributed by atoms with Crippen LogP contribution in [0.3, 0.4) is 0 Å². The van der Waals surface area contributed by atoms with Gasteiger partial charge >= 0.3 is 6.01 Å². The summed E-state index contributed by atoms with van der Waals surface area (Å²) < 4.78 is 42.6. The summed E-state index contributed by atoms with van der Waals surface area (Å²) in [5.41, 5.74) is 0.988. The fourth-order valence-corrected chi connectivity index (χ4v) is 4.09. The van der Waals surface area contributed by atoms with Crippen molar-refractivity contribution in [1.82, 2.24) is 19.7 Å². The van der Waals surface area contributed by atoms with Crippen LogP contribution in [-0.2, 0) is 10.2 Å². The van der Waals surface area contributed by atoms with Crippen LogP contribution in [0.1, 0.15) is 13.3 Å². The topological polar surface area (TPSA) is 142 Å². The zero-order valence-corrected chi connectivity index (χ0v) is 21.4. The second-order valence-corrected chi connectivity index (χ2v) is 9.82. The lowest BCUT2D eigenvalue weighted by atomic mass is 10.1. The van der Waals surface area contributed by atoms with E-state index in [9.17, 15) is 13.6 Å². The maximum atomic E-state index is 12.4. The second kappa shape index (κ2) is 11.5. The Hall–Kier alpha value is -2.55. The van der Waals surface area contributed by atoms with E-state index in [1.807, 2.05) is 6.92 Å². The summed E-state index contributed by atoms with van der Waals surface area (Å²) in [6, 6.07) is 7.02. The smallest absolute Gasteiger partial charge is 0.501 e. The molecule has 3 rings (SSSR count). The Morgan fingerprint density at radius 2 is 1.79 bits per heavy atom. The molecule has 0 fully saturated rings. The van der Waals surface area contributed by atoms with E-state index in [4.69, 9.17) is 9.47 Å². The van der Waals surface area contributed by atoms with Crippen LogP contribution in [0, 0.1) is 5.21 Å². The number of benzene rings is 1. The molecule has 11 nitrogen and oxygen atoms in total. The zero-order valence-electron chi connectivity index (χ0n) is 17.4. The van der Waals surface area contributed by atoms with Gasteiger partial charge in [-0.3, -0.25) is 4.72 Å². The highest BCUT2D eigenvalue weighted by Gasteiger charge is 2.20. The van der Waals surface area contributed by atoms with E-state index in [0.717, 1.165) is 4.47 Å². The van der Waals surface area contributed by atoms with E-state index in [1.165, 1.54) is 18.7 Å². The van der Waals surface area contributed by atoms with Gasteiger partial charge in [0, 0.05) is 11.0 Å². The van der Waals surface area contributed by atoms with Crippen molar-refractivity contribution in [3.05, 3.63) is 57.1 Å². The molecule has 0 saturated carbocycles. The van der Waals surface area contributed by atoms with Crippen LogP contribution in [0.15, 0.2) is 51.9 Å². The number of hydrogen-bond donors (Lipinski definition) is 2. The van der Waals surface area contributed by atoms with E-state index in [-0.39, 0.29) is 37.5 Å². The van der Waals surface area contributed by atoms with Crippen LogP contribution in [0.25, 0.3) is 11.1 Å². The average Bonchev–Trinajstić information content (AvgIpc) is 2.77. The number of aromatic nitrogens is 4. The number of rotatable bonds is 11. The molecule has 0 aliphatic carbocycles. The van der Waals surface area contributed by atoms with Crippen molar-refractivity contribution in [3.63, 3.8) is 0 Å². The minimum absolute atomic E-state index is 0.000229. The molecule has 0 unspecified atom stereocenters. The molecule has 0 aliphatic heterocycles. The van der Waals surface area contributed by atoms with Crippen molar-refractivity contribution in [1.29, 1.82) is 0 Å². The molecule has 2 aromatic heterocycles. The van der Waals surface area contributed by atoms with Crippen LogP contribution in [0.2, 0.25) is 0 Å². The minimum atomic E-state index is -3.85. The van der Waals surface area contributed by atoms with Gasteiger partial charge in [-0.25, -0.2) is 9.97 Å². The van der Waals surface area contributed by atoms with E-state index >= 15 is 0 Å². The van der Waals surface area contributed by atoms with Gasteiger partial charge in [0.05, 0.1) is 5.56 Å².